The number of nitrogens with zero attached hydrogens (tertiary/aromatic N) is 2. The normalized spacial score (nSPS) is 28.5. The van der Waals surface area contributed by atoms with Gasteiger partial charge in [0.25, 0.3) is 0 Å². The number of halogens is 3. The molecule has 0 bridgehead atoms. The van der Waals surface area contributed by atoms with Crippen LogP contribution in [0.2, 0.25) is 0 Å². The third kappa shape index (κ3) is 1.64. The summed E-state index contributed by atoms with van der Waals surface area (Å²) in [6, 6.07) is 0. The minimum atomic E-state index is -4.33. The van der Waals surface area contributed by atoms with E-state index in [0.29, 0.717) is 0 Å². The Kier molecular flexibility index (Phi) is 2.28. The van der Waals surface area contributed by atoms with Gasteiger partial charge in [-0.15, -0.1) is 0 Å². The Bertz CT molecular complexity index is 288. The molecule has 0 aliphatic carbocycles. The molecule has 0 radical (unpaired) electrons. The fraction of sp³-hybridized carbons (Fsp3) is 0.500. The van der Waals surface area contributed by atoms with Crippen molar-refractivity contribution in [3.63, 3.8) is 0 Å². The van der Waals surface area contributed by atoms with Crippen LogP contribution in [-0.4, -0.2) is 18.2 Å². The van der Waals surface area contributed by atoms with Gasteiger partial charge in [0.2, 0.25) is 0 Å². The van der Waals surface area contributed by atoms with Crippen molar-refractivity contribution in [1.29, 1.82) is 0 Å². The average Bonchev–Trinajstić information content (AvgIpc) is 2.14. The van der Waals surface area contributed by atoms with E-state index in [1.54, 1.807) is 0 Å². The number of alkyl halides is 3. The van der Waals surface area contributed by atoms with Crippen LogP contribution < -0.4 is 0 Å². The van der Waals surface area contributed by atoms with E-state index in [9.17, 15) is 13.2 Å². The molecule has 72 valence electrons. The number of allylic oxidation sites excluding steroid dienone is 1. The zero-order valence-corrected chi connectivity index (χ0v) is 7.26. The van der Waals surface area contributed by atoms with Gasteiger partial charge in [-0.2, -0.15) is 13.2 Å². The summed E-state index contributed by atoms with van der Waals surface area (Å²) < 4.78 is 37.7. The zero-order chi connectivity index (χ0) is 10.1. The molecule has 0 aromatic heterocycles. The number of aliphatic imine (C=N–C) groups is 2. The second kappa shape index (κ2) is 2.97. The summed E-state index contributed by atoms with van der Waals surface area (Å²) >= 11 is 0. The summed E-state index contributed by atoms with van der Waals surface area (Å²) in [7, 11) is 0. The number of rotatable bonds is 0. The summed E-state index contributed by atoms with van der Waals surface area (Å²) in [6.45, 7) is 2.42. The lowest BCUT2D eigenvalue weighted by atomic mass is 9.85. The molecule has 1 aliphatic rings. The van der Waals surface area contributed by atoms with E-state index in [1.165, 1.54) is 6.92 Å². The van der Waals surface area contributed by atoms with Crippen LogP contribution in [0.4, 0.5) is 13.2 Å². The molecule has 1 unspecified atom stereocenters. The predicted molar refractivity (Wildman–Crippen MR) is 44.9 cm³/mol. The molecule has 1 heterocycles. The van der Waals surface area contributed by atoms with Crippen molar-refractivity contribution < 1.29 is 13.2 Å². The molecule has 0 spiro atoms. The maximum atomic E-state index is 12.6. The van der Waals surface area contributed by atoms with Gasteiger partial charge in [-0.05, 0) is 19.9 Å². The Hall–Kier alpha value is -1.13. The molecule has 0 amide bonds. The fourth-order valence-electron chi connectivity index (χ4n) is 0.905. The van der Waals surface area contributed by atoms with Crippen molar-refractivity contribution in [2.24, 2.45) is 15.4 Å². The van der Waals surface area contributed by atoms with Crippen LogP contribution in [0.3, 0.4) is 0 Å². The molecule has 0 saturated heterocycles. The molecule has 1 atom stereocenters. The minimum absolute atomic E-state index is 0.00231. The van der Waals surface area contributed by atoms with Crippen molar-refractivity contribution in [2.45, 2.75) is 20.0 Å². The average molecular weight is 190 g/mol. The molecule has 1 aliphatic heterocycles. The van der Waals surface area contributed by atoms with Gasteiger partial charge in [0, 0.05) is 11.9 Å². The van der Waals surface area contributed by atoms with E-state index in [2.05, 4.69) is 9.98 Å². The van der Waals surface area contributed by atoms with Crippen LogP contribution in [0, 0.1) is 5.41 Å². The second-order valence-electron chi connectivity index (χ2n) is 2.99. The molecule has 0 N–H and O–H groups in total. The summed E-state index contributed by atoms with van der Waals surface area (Å²) in [5.41, 5.74) is -2.00. The van der Waals surface area contributed by atoms with E-state index in [4.69, 9.17) is 0 Å². The maximum Gasteiger partial charge on any atom is 0.402 e. The van der Waals surface area contributed by atoms with E-state index < -0.39 is 11.6 Å². The molecule has 13 heavy (non-hydrogen) atoms. The van der Waals surface area contributed by atoms with Crippen molar-refractivity contribution in [2.75, 3.05) is 0 Å². The largest absolute Gasteiger partial charge is 0.402 e. The topological polar surface area (TPSA) is 24.7 Å². The van der Waals surface area contributed by atoms with Crippen molar-refractivity contribution in [3.05, 3.63) is 12.3 Å². The molecule has 5 heteroatoms. The smallest absolute Gasteiger partial charge is 0.245 e. The van der Waals surface area contributed by atoms with E-state index in [1.807, 2.05) is 0 Å². The first kappa shape index (κ1) is 9.95. The van der Waals surface area contributed by atoms with Gasteiger partial charge in [-0.25, -0.2) is 9.98 Å². The maximum absolute atomic E-state index is 12.6. The van der Waals surface area contributed by atoms with Crippen molar-refractivity contribution in [1.82, 2.24) is 0 Å². The molecule has 0 aromatic rings. The Balaban J connectivity index is 3.16. The highest BCUT2D eigenvalue weighted by molar-refractivity contribution is 5.95. The standard InChI is InChI=1S/C8H9F3N2/c1-6-7(2,8(9,10)11)3-4-12-5-13-6/h3-5H,1-2H3. The third-order valence-corrected chi connectivity index (χ3v) is 2.15. The van der Waals surface area contributed by atoms with Gasteiger partial charge < -0.3 is 0 Å². The lowest BCUT2D eigenvalue weighted by molar-refractivity contribution is -0.176. The minimum Gasteiger partial charge on any atom is -0.245 e. The monoisotopic (exact) mass is 190 g/mol. The van der Waals surface area contributed by atoms with Crippen LogP contribution in [0.15, 0.2) is 22.3 Å². The Labute approximate surface area is 73.9 Å². The summed E-state index contributed by atoms with van der Waals surface area (Å²) in [6.07, 6.45) is -1.09. The predicted octanol–water partition coefficient (Wildman–Crippen LogP) is 2.57. The third-order valence-electron chi connectivity index (χ3n) is 2.15. The van der Waals surface area contributed by atoms with Gasteiger partial charge in [-0.3, -0.25) is 0 Å². The van der Waals surface area contributed by atoms with Gasteiger partial charge in [0.15, 0.2) is 0 Å². The molecule has 1 rings (SSSR count). The molecular weight excluding hydrogens is 181 g/mol. The first-order chi connectivity index (χ1) is 5.88. The molecule has 2 nitrogen and oxygen atoms in total. The lowest BCUT2D eigenvalue weighted by Gasteiger charge is -2.27. The van der Waals surface area contributed by atoms with Crippen LogP contribution in [0.25, 0.3) is 0 Å². The Morgan fingerprint density at radius 2 is 2.00 bits per heavy atom. The zero-order valence-electron chi connectivity index (χ0n) is 7.26. The molecule has 0 saturated carbocycles. The number of hydrogen-bond acceptors (Lipinski definition) is 2. The van der Waals surface area contributed by atoms with Gasteiger partial charge in [-0.1, -0.05) is 0 Å². The summed E-state index contributed by atoms with van der Waals surface area (Å²) in [5, 5.41) is 0. The Morgan fingerprint density at radius 1 is 1.38 bits per heavy atom. The van der Waals surface area contributed by atoms with E-state index >= 15 is 0 Å². The first-order valence-corrected chi connectivity index (χ1v) is 3.69. The van der Waals surface area contributed by atoms with Gasteiger partial charge >= 0.3 is 6.18 Å². The van der Waals surface area contributed by atoms with Gasteiger partial charge in [0.05, 0.1) is 0 Å². The SMILES string of the molecule is CC1=NC=NC=CC1(C)C(F)(F)F. The summed E-state index contributed by atoms with van der Waals surface area (Å²) in [5.74, 6) is 0. The quantitative estimate of drug-likeness (QED) is 0.560. The Morgan fingerprint density at radius 3 is 2.54 bits per heavy atom. The highest BCUT2D eigenvalue weighted by Gasteiger charge is 2.51. The van der Waals surface area contributed by atoms with Crippen LogP contribution in [0.5, 0.6) is 0 Å². The fourth-order valence-corrected chi connectivity index (χ4v) is 0.905. The highest BCUT2D eigenvalue weighted by Crippen LogP contribution is 2.40. The van der Waals surface area contributed by atoms with Gasteiger partial charge in [0.1, 0.15) is 11.8 Å². The highest BCUT2D eigenvalue weighted by atomic mass is 19.4. The van der Waals surface area contributed by atoms with Crippen LogP contribution >= 0.6 is 0 Å². The van der Waals surface area contributed by atoms with E-state index in [0.717, 1.165) is 25.5 Å². The first-order valence-electron chi connectivity index (χ1n) is 3.69. The van der Waals surface area contributed by atoms with Crippen LogP contribution in [0.1, 0.15) is 13.8 Å². The molecule has 0 fully saturated rings. The van der Waals surface area contributed by atoms with E-state index in [-0.39, 0.29) is 5.71 Å². The number of hydrogen-bond donors (Lipinski definition) is 0. The summed E-state index contributed by atoms with van der Waals surface area (Å²) in [4.78, 5) is 7.12. The van der Waals surface area contributed by atoms with Crippen molar-refractivity contribution in [3.8, 4) is 0 Å². The van der Waals surface area contributed by atoms with Crippen molar-refractivity contribution >= 4 is 12.1 Å². The molecular formula is C8H9F3N2. The molecule has 0 aromatic carbocycles. The van der Waals surface area contributed by atoms with Crippen LogP contribution in [-0.2, 0) is 0 Å². The second-order valence-corrected chi connectivity index (χ2v) is 2.99. The lowest BCUT2D eigenvalue weighted by Crippen LogP contribution is -2.39.